The molecule has 1 aromatic carbocycles. The van der Waals surface area contributed by atoms with Crippen molar-refractivity contribution >= 4 is 22.9 Å². The molecule has 0 saturated carbocycles. The van der Waals surface area contributed by atoms with Crippen LogP contribution in [0.2, 0.25) is 0 Å². The Bertz CT molecular complexity index is 1230. The van der Waals surface area contributed by atoms with Crippen LogP contribution in [0.15, 0.2) is 30.5 Å². The number of hydrogen-bond acceptors (Lipinski definition) is 6. The summed E-state index contributed by atoms with van der Waals surface area (Å²) in [6.45, 7) is 13.4. The van der Waals surface area contributed by atoms with Crippen molar-refractivity contribution in [3.63, 3.8) is 0 Å². The summed E-state index contributed by atoms with van der Waals surface area (Å²) < 4.78 is 26.4. The fourth-order valence-corrected chi connectivity index (χ4v) is 4.76. The zero-order chi connectivity index (χ0) is 26.7. The highest BCUT2D eigenvalue weighted by molar-refractivity contribution is 5.84. The number of pyridine rings is 1. The molecule has 37 heavy (non-hydrogen) atoms. The summed E-state index contributed by atoms with van der Waals surface area (Å²) in [6, 6.07) is 7.88. The lowest BCUT2D eigenvalue weighted by Crippen LogP contribution is -2.43. The number of carbonyl (C=O) groups excluding carboxylic acids is 1. The third-order valence-electron chi connectivity index (χ3n) is 6.69. The number of nitrogens with zero attached hydrogens (tertiary/aromatic N) is 5. The third kappa shape index (κ3) is 6.21. The summed E-state index contributed by atoms with van der Waals surface area (Å²) in [5.41, 5.74) is 2.77. The second-order valence-corrected chi connectivity index (χ2v) is 10.7. The van der Waals surface area contributed by atoms with Gasteiger partial charge in [0, 0.05) is 44.5 Å². The molecule has 0 radical (unpaired) electrons. The normalized spacial score (nSPS) is 18.1. The number of halogens is 1. The predicted molar refractivity (Wildman–Crippen MR) is 143 cm³/mol. The molecule has 0 aliphatic carbocycles. The highest BCUT2D eigenvalue weighted by atomic mass is 19.1. The molecule has 2 aliphatic heterocycles. The first kappa shape index (κ1) is 26.9. The van der Waals surface area contributed by atoms with Gasteiger partial charge in [-0.2, -0.15) is 0 Å². The average Bonchev–Trinajstić information content (AvgIpc) is 3.45. The minimum absolute atomic E-state index is 0.240. The second-order valence-electron chi connectivity index (χ2n) is 10.7. The number of fused-ring (bicyclic) bond motifs is 1. The summed E-state index contributed by atoms with van der Waals surface area (Å²) in [5.74, 6) is 1.46. The van der Waals surface area contributed by atoms with Gasteiger partial charge in [-0.3, -0.25) is 0 Å². The topological polar surface area (TPSA) is 72.7 Å². The highest BCUT2D eigenvalue weighted by Gasteiger charge is 2.24. The van der Waals surface area contributed by atoms with Crippen molar-refractivity contribution < 1.29 is 18.7 Å². The van der Waals surface area contributed by atoms with Crippen LogP contribution in [0.3, 0.4) is 0 Å². The van der Waals surface area contributed by atoms with Gasteiger partial charge in [-0.05, 0) is 71.2 Å². The Balaban J connectivity index is 0.000000209. The molecule has 5 rings (SSSR count). The zero-order valence-corrected chi connectivity index (χ0v) is 22.8. The maximum absolute atomic E-state index is 14.1. The number of imidazole rings is 1. The number of hydrogen-bond donors (Lipinski definition) is 0. The van der Waals surface area contributed by atoms with E-state index >= 15 is 0 Å². The molecule has 9 heteroatoms. The summed E-state index contributed by atoms with van der Waals surface area (Å²) in [5, 5.41) is 0. The zero-order valence-electron chi connectivity index (χ0n) is 22.8. The van der Waals surface area contributed by atoms with Crippen LogP contribution in [0.1, 0.15) is 46.1 Å². The number of morpholine rings is 1. The molecule has 200 valence electrons. The van der Waals surface area contributed by atoms with Gasteiger partial charge < -0.3 is 23.8 Å². The van der Waals surface area contributed by atoms with Crippen LogP contribution in [-0.4, -0.2) is 70.0 Å². The summed E-state index contributed by atoms with van der Waals surface area (Å²) in [7, 11) is 1.92. The number of aromatic nitrogens is 3. The first-order valence-electron chi connectivity index (χ1n) is 13.0. The fraction of sp³-hybridized carbons (Fsp3) is 0.536. The largest absolute Gasteiger partial charge is 0.444 e. The van der Waals surface area contributed by atoms with E-state index in [0.717, 1.165) is 34.8 Å². The van der Waals surface area contributed by atoms with E-state index < -0.39 is 5.60 Å². The molecule has 2 aromatic heterocycles. The van der Waals surface area contributed by atoms with Crippen molar-refractivity contribution in [3.05, 3.63) is 41.8 Å². The molecule has 1 unspecified atom stereocenters. The molecule has 1 amide bonds. The van der Waals surface area contributed by atoms with E-state index in [2.05, 4.69) is 21.8 Å². The minimum Gasteiger partial charge on any atom is -0.444 e. The molecule has 3 aromatic rings. The van der Waals surface area contributed by atoms with Crippen LogP contribution in [0.4, 0.5) is 15.0 Å². The van der Waals surface area contributed by atoms with Gasteiger partial charge in [-0.25, -0.2) is 19.2 Å². The average molecular weight is 512 g/mol. The van der Waals surface area contributed by atoms with E-state index in [9.17, 15) is 9.18 Å². The van der Waals surface area contributed by atoms with Crippen LogP contribution in [0.5, 0.6) is 0 Å². The molecule has 4 heterocycles. The summed E-state index contributed by atoms with van der Waals surface area (Å²) in [6.07, 6.45) is 4.03. The molecule has 0 N–H and O–H groups in total. The first-order valence-corrected chi connectivity index (χ1v) is 13.0. The monoisotopic (exact) mass is 511 g/mol. The van der Waals surface area contributed by atoms with Gasteiger partial charge in [0.25, 0.3) is 0 Å². The predicted octanol–water partition coefficient (Wildman–Crippen LogP) is 5.33. The standard InChI is InChI=1S/C19H21FN4.C9H17NO3/c1-12-6-8-15(20)17-18(12)23(3)19(22-17)14-7-9-16(21-11-14)24-10-4-5-13(24)2;1-9(2,3)13-8(11)10-4-6-12-7-5-10/h6-9,11,13H,4-5,10H2,1-3H3;4-7H2,1-3H3. The fourth-order valence-electron chi connectivity index (χ4n) is 4.76. The van der Waals surface area contributed by atoms with E-state index in [1.807, 2.05) is 57.6 Å². The molecular weight excluding hydrogens is 473 g/mol. The Hall–Kier alpha value is -3.20. The number of aryl methyl sites for hydroxylation is 2. The highest BCUT2D eigenvalue weighted by Crippen LogP contribution is 2.29. The van der Waals surface area contributed by atoms with Gasteiger partial charge in [0.1, 0.15) is 22.8 Å². The molecule has 0 spiro atoms. The summed E-state index contributed by atoms with van der Waals surface area (Å²) >= 11 is 0. The molecule has 8 nitrogen and oxygen atoms in total. The van der Waals surface area contributed by atoms with Crippen molar-refractivity contribution in [3.8, 4) is 11.4 Å². The van der Waals surface area contributed by atoms with Gasteiger partial charge in [-0.15, -0.1) is 0 Å². The van der Waals surface area contributed by atoms with Crippen molar-refractivity contribution in [2.75, 3.05) is 37.7 Å². The van der Waals surface area contributed by atoms with Gasteiger partial charge in [0.2, 0.25) is 0 Å². The maximum Gasteiger partial charge on any atom is 0.410 e. The Kier molecular flexibility index (Phi) is 8.02. The molecule has 2 fully saturated rings. The lowest BCUT2D eigenvalue weighted by atomic mass is 10.2. The second kappa shape index (κ2) is 11.0. The van der Waals surface area contributed by atoms with E-state index in [1.54, 1.807) is 11.0 Å². The van der Waals surface area contributed by atoms with Crippen LogP contribution < -0.4 is 4.90 Å². The van der Waals surface area contributed by atoms with Crippen LogP contribution in [0, 0.1) is 12.7 Å². The van der Waals surface area contributed by atoms with Gasteiger partial charge in [0.05, 0.1) is 18.7 Å². The van der Waals surface area contributed by atoms with E-state index in [4.69, 9.17) is 9.47 Å². The first-order chi connectivity index (χ1) is 17.5. The maximum atomic E-state index is 14.1. The molecule has 1 atom stereocenters. The van der Waals surface area contributed by atoms with Crippen LogP contribution in [-0.2, 0) is 16.5 Å². The van der Waals surface area contributed by atoms with Crippen LogP contribution >= 0.6 is 0 Å². The lowest BCUT2D eigenvalue weighted by Gasteiger charge is -2.29. The molecule has 0 bridgehead atoms. The van der Waals surface area contributed by atoms with E-state index in [1.165, 1.54) is 18.9 Å². The number of rotatable bonds is 2. The Morgan fingerprint density at radius 3 is 2.43 bits per heavy atom. The van der Waals surface area contributed by atoms with Gasteiger partial charge >= 0.3 is 6.09 Å². The lowest BCUT2D eigenvalue weighted by molar-refractivity contribution is -0.00677. The van der Waals surface area contributed by atoms with Gasteiger partial charge in [0.15, 0.2) is 5.82 Å². The quantitative estimate of drug-likeness (QED) is 0.463. The van der Waals surface area contributed by atoms with E-state index in [-0.39, 0.29) is 11.9 Å². The van der Waals surface area contributed by atoms with Crippen molar-refractivity contribution in [1.82, 2.24) is 19.4 Å². The number of amides is 1. The molecule has 2 aliphatic rings. The summed E-state index contributed by atoms with van der Waals surface area (Å²) in [4.78, 5) is 24.6. The Labute approximate surface area is 218 Å². The van der Waals surface area contributed by atoms with Crippen molar-refractivity contribution in [1.29, 1.82) is 0 Å². The van der Waals surface area contributed by atoms with Crippen LogP contribution in [0.25, 0.3) is 22.4 Å². The van der Waals surface area contributed by atoms with Crippen molar-refractivity contribution in [2.45, 2.75) is 59.1 Å². The van der Waals surface area contributed by atoms with E-state index in [0.29, 0.717) is 37.9 Å². The molecule has 2 saturated heterocycles. The smallest absolute Gasteiger partial charge is 0.410 e. The number of ether oxygens (including phenoxy) is 2. The third-order valence-corrected chi connectivity index (χ3v) is 6.69. The molecular formula is C28H38FN5O3. The van der Waals surface area contributed by atoms with Crippen molar-refractivity contribution in [2.24, 2.45) is 7.05 Å². The Morgan fingerprint density at radius 2 is 1.86 bits per heavy atom. The Morgan fingerprint density at radius 1 is 1.14 bits per heavy atom. The number of benzene rings is 1. The van der Waals surface area contributed by atoms with Gasteiger partial charge in [-0.1, -0.05) is 6.07 Å². The minimum atomic E-state index is -0.407. The SMILES string of the molecule is CC(C)(C)OC(=O)N1CCOCC1.Cc1ccc(F)c2nc(-c3ccc(N4CCCC4C)nc3)n(C)c12. The number of carbonyl (C=O) groups is 1. The number of anilines is 1.